The number of anilines is 1. The molecular weight excluding hydrogens is 430 g/mol. The standard InChI is InChI=1S/C23H27N3O3S2/c1-29-22(28)20-16-6-3-2-4-8-18(16)31-21(20)24-23(30)25-11-14-10-15(13-25)17-7-5-9-19(27)26(17)12-14/h5,7,9,14-15H,2-4,6,8,10-13H2,1H3,(H,24,30)/t14-,15-/m0/s1. The predicted molar refractivity (Wildman–Crippen MR) is 126 cm³/mol. The Morgan fingerprint density at radius 3 is 2.87 bits per heavy atom. The molecule has 1 fully saturated rings. The van der Waals surface area contributed by atoms with Crippen LogP contribution >= 0.6 is 23.6 Å². The van der Waals surface area contributed by atoms with Gasteiger partial charge < -0.3 is 19.5 Å². The number of piperidine rings is 1. The first-order valence-electron chi connectivity index (χ1n) is 11.0. The molecule has 0 amide bonds. The van der Waals surface area contributed by atoms with Gasteiger partial charge in [0, 0.05) is 42.2 Å². The molecule has 2 atom stereocenters. The molecule has 2 bridgehead atoms. The summed E-state index contributed by atoms with van der Waals surface area (Å²) >= 11 is 7.46. The van der Waals surface area contributed by atoms with Crippen molar-refractivity contribution in [3.8, 4) is 0 Å². The number of carbonyl (C=O) groups excluding carboxylic acids is 1. The molecule has 8 heteroatoms. The average Bonchev–Trinajstić information content (AvgIpc) is 2.94. The Balaban J connectivity index is 1.39. The molecule has 1 aliphatic carbocycles. The first-order chi connectivity index (χ1) is 15.0. The van der Waals surface area contributed by atoms with Gasteiger partial charge in [-0.1, -0.05) is 12.5 Å². The van der Waals surface area contributed by atoms with Crippen molar-refractivity contribution < 1.29 is 9.53 Å². The fourth-order valence-corrected chi connectivity index (χ4v) is 6.98. The van der Waals surface area contributed by atoms with E-state index in [2.05, 4.69) is 16.3 Å². The fraction of sp³-hybridized carbons (Fsp3) is 0.522. The molecule has 0 radical (unpaired) electrons. The van der Waals surface area contributed by atoms with Crippen molar-refractivity contribution >= 4 is 39.6 Å². The molecule has 6 nitrogen and oxygen atoms in total. The normalized spacial score (nSPS) is 22.2. The second-order valence-electron chi connectivity index (χ2n) is 8.79. The molecule has 1 saturated heterocycles. The van der Waals surface area contributed by atoms with Gasteiger partial charge in [0.1, 0.15) is 5.00 Å². The minimum absolute atomic E-state index is 0.0872. The summed E-state index contributed by atoms with van der Waals surface area (Å²) < 4.78 is 7.05. The topological polar surface area (TPSA) is 63.6 Å². The lowest BCUT2D eigenvalue weighted by Crippen LogP contribution is -2.50. The summed E-state index contributed by atoms with van der Waals surface area (Å²) in [7, 11) is 1.44. The number of rotatable bonds is 2. The van der Waals surface area contributed by atoms with Crippen molar-refractivity contribution in [3.05, 3.63) is 50.3 Å². The Bertz CT molecular complexity index is 1090. The molecule has 0 unspecified atom stereocenters. The number of likely N-dealkylation sites (tertiary alicyclic amines) is 1. The average molecular weight is 458 g/mol. The van der Waals surface area contributed by atoms with Crippen LogP contribution < -0.4 is 10.9 Å². The highest BCUT2D eigenvalue weighted by Crippen LogP contribution is 2.39. The third-order valence-electron chi connectivity index (χ3n) is 6.80. The van der Waals surface area contributed by atoms with Gasteiger partial charge in [-0.15, -0.1) is 11.3 Å². The van der Waals surface area contributed by atoms with Crippen LogP contribution in [-0.2, 0) is 24.1 Å². The third-order valence-corrected chi connectivity index (χ3v) is 8.37. The van der Waals surface area contributed by atoms with E-state index in [1.54, 1.807) is 17.4 Å². The van der Waals surface area contributed by atoms with Crippen molar-refractivity contribution in [2.75, 3.05) is 25.5 Å². The summed E-state index contributed by atoms with van der Waals surface area (Å²) in [6, 6.07) is 5.56. The number of aromatic nitrogens is 1. The Kier molecular flexibility index (Phi) is 5.60. The SMILES string of the molecule is COC(=O)c1c(NC(=S)N2C[C@@H]3C[C@@H](C2)c2cccc(=O)n2C3)sc2c1CCCCC2. The fourth-order valence-electron chi connectivity index (χ4n) is 5.39. The zero-order chi connectivity index (χ0) is 21.5. The third kappa shape index (κ3) is 3.80. The zero-order valence-electron chi connectivity index (χ0n) is 17.7. The van der Waals surface area contributed by atoms with E-state index in [0.29, 0.717) is 22.5 Å². The second kappa shape index (κ2) is 8.39. The van der Waals surface area contributed by atoms with Crippen molar-refractivity contribution in [3.63, 3.8) is 0 Å². The quantitative estimate of drug-likeness (QED) is 0.421. The maximum atomic E-state index is 12.6. The molecule has 1 N–H and O–H groups in total. The number of ether oxygens (including phenoxy) is 1. The largest absolute Gasteiger partial charge is 0.465 e. The first kappa shape index (κ1) is 20.7. The van der Waals surface area contributed by atoms with E-state index < -0.39 is 0 Å². The van der Waals surface area contributed by atoms with Crippen LogP contribution in [0.2, 0.25) is 0 Å². The summed E-state index contributed by atoms with van der Waals surface area (Å²) in [5.41, 5.74) is 3.00. The number of nitrogens with one attached hydrogen (secondary N) is 1. The van der Waals surface area contributed by atoms with E-state index in [1.165, 1.54) is 18.4 Å². The molecule has 5 rings (SSSR count). The van der Waals surface area contributed by atoms with E-state index in [4.69, 9.17) is 17.0 Å². The smallest absolute Gasteiger partial charge is 0.341 e. The first-order valence-corrected chi connectivity index (χ1v) is 12.3. The maximum absolute atomic E-state index is 12.6. The van der Waals surface area contributed by atoms with Crippen LogP contribution in [0.3, 0.4) is 0 Å². The van der Waals surface area contributed by atoms with E-state index >= 15 is 0 Å². The Morgan fingerprint density at radius 2 is 2.03 bits per heavy atom. The van der Waals surface area contributed by atoms with Gasteiger partial charge in [0.15, 0.2) is 5.11 Å². The minimum atomic E-state index is -0.284. The highest BCUT2D eigenvalue weighted by molar-refractivity contribution is 7.80. The van der Waals surface area contributed by atoms with Gasteiger partial charge in [-0.05, 0) is 61.9 Å². The van der Waals surface area contributed by atoms with Gasteiger partial charge >= 0.3 is 5.97 Å². The highest BCUT2D eigenvalue weighted by Gasteiger charge is 2.36. The number of esters is 1. The number of nitrogens with zero attached hydrogens (tertiary/aromatic N) is 2. The van der Waals surface area contributed by atoms with Crippen LogP contribution in [-0.4, -0.2) is 40.7 Å². The monoisotopic (exact) mass is 457 g/mol. The molecule has 0 spiro atoms. The molecule has 164 valence electrons. The molecule has 0 aromatic carbocycles. The number of hydrogen-bond acceptors (Lipinski definition) is 5. The number of thiophene rings is 1. The lowest BCUT2D eigenvalue weighted by atomic mass is 9.83. The summed E-state index contributed by atoms with van der Waals surface area (Å²) in [4.78, 5) is 28.4. The van der Waals surface area contributed by atoms with Gasteiger partial charge in [-0.3, -0.25) is 4.79 Å². The van der Waals surface area contributed by atoms with Gasteiger partial charge in [-0.2, -0.15) is 0 Å². The summed E-state index contributed by atoms with van der Waals surface area (Å²) in [5.74, 6) is 0.404. The number of carbonyl (C=O) groups is 1. The molecule has 2 aromatic rings. The molecule has 4 heterocycles. The lowest BCUT2D eigenvalue weighted by molar-refractivity contribution is 0.0601. The van der Waals surface area contributed by atoms with Crippen molar-refractivity contribution in [1.82, 2.24) is 9.47 Å². The molecule has 2 aliphatic heterocycles. The van der Waals surface area contributed by atoms with Crippen LogP contribution in [0.4, 0.5) is 5.00 Å². The number of hydrogen-bond donors (Lipinski definition) is 1. The van der Waals surface area contributed by atoms with Crippen LogP contribution in [0.25, 0.3) is 0 Å². The zero-order valence-corrected chi connectivity index (χ0v) is 19.3. The predicted octanol–water partition coefficient (Wildman–Crippen LogP) is 3.78. The molecule has 31 heavy (non-hydrogen) atoms. The van der Waals surface area contributed by atoms with Crippen molar-refractivity contribution in [2.24, 2.45) is 5.92 Å². The van der Waals surface area contributed by atoms with Gasteiger partial charge in [0.2, 0.25) is 0 Å². The number of thiocarbonyl (C=S) groups is 1. The van der Waals surface area contributed by atoms with Crippen molar-refractivity contribution in [2.45, 2.75) is 51.0 Å². The minimum Gasteiger partial charge on any atom is -0.465 e. The Labute approximate surface area is 191 Å². The van der Waals surface area contributed by atoms with Gasteiger partial charge in [0.05, 0.1) is 12.7 Å². The van der Waals surface area contributed by atoms with E-state index in [0.717, 1.165) is 68.0 Å². The Morgan fingerprint density at radius 1 is 1.19 bits per heavy atom. The summed E-state index contributed by atoms with van der Waals surface area (Å²) in [6.07, 6.45) is 6.48. The van der Waals surface area contributed by atoms with Gasteiger partial charge in [0.25, 0.3) is 5.56 Å². The van der Waals surface area contributed by atoms with E-state index in [1.807, 2.05) is 10.6 Å². The molecule has 2 aromatic heterocycles. The lowest BCUT2D eigenvalue weighted by Gasteiger charge is -2.43. The maximum Gasteiger partial charge on any atom is 0.341 e. The highest BCUT2D eigenvalue weighted by atomic mass is 32.1. The van der Waals surface area contributed by atoms with Crippen LogP contribution in [0.15, 0.2) is 23.0 Å². The van der Waals surface area contributed by atoms with Crippen LogP contribution in [0, 0.1) is 5.92 Å². The molecule has 0 saturated carbocycles. The summed E-state index contributed by atoms with van der Waals surface area (Å²) in [6.45, 7) is 2.34. The molecular formula is C23H27N3O3S2. The van der Waals surface area contributed by atoms with Crippen LogP contribution in [0.1, 0.15) is 58.1 Å². The van der Waals surface area contributed by atoms with Crippen molar-refractivity contribution in [1.29, 1.82) is 0 Å². The number of aryl methyl sites for hydroxylation is 1. The molecule has 3 aliphatic rings. The number of methoxy groups -OCH3 is 1. The number of fused-ring (bicyclic) bond motifs is 5. The van der Waals surface area contributed by atoms with Crippen LogP contribution in [0.5, 0.6) is 0 Å². The summed E-state index contributed by atoms with van der Waals surface area (Å²) in [5, 5.41) is 4.88. The second-order valence-corrected chi connectivity index (χ2v) is 10.3. The number of pyridine rings is 1. The van der Waals surface area contributed by atoms with E-state index in [9.17, 15) is 9.59 Å². The van der Waals surface area contributed by atoms with E-state index in [-0.39, 0.29) is 11.5 Å². The van der Waals surface area contributed by atoms with Gasteiger partial charge in [-0.25, -0.2) is 4.79 Å². The Hall–Kier alpha value is -2.19.